The molecule has 2 aromatic heterocycles. The Balaban J connectivity index is 2.22. The van der Waals surface area contributed by atoms with Gasteiger partial charge < -0.3 is 10.1 Å². The van der Waals surface area contributed by atoms with Crippen molar-refractivity contribution in [1.29, 1.82) is 0 Å². The van der Waals surface area contributed by atoms with E-state index < -0.39 is 0 Å². The monoisotopic (exact) mass is 245 g/mol. The van der Waals surface area contributed by atoms with Crippen LogP contribution in [0.1, 0.15) is 0 Å². The minimum absolute atomic E-state index is 0.106. The summed E-state index contributed by atoms with van der Waals surface area (Å²) in [6, 6.07) is 7.13. The number of nitrogens with zero attached hydrogens (tertiary/aromatic N) is 2. The summed E-state index contributed by atoms with van der Waals surface area (Å²) in [5.74, 6) is 0.741. The van der Waals surface area contributed by atoms with E-state index in [2.05, 4.69) is 15.0 Å². The van der Waals surface area contributed by atoms with Crippen molar-refractivity contribution in [3.8, 4) is 17.1 Å². The van der Waals surface area contributed by atoms with Crippen LogP contribution in [0.3, 0.4) is 0 Å². The molecule has 0 unspecified atom stereocenters. The van der Waals surface area contributed by atoms with Gasteiger partial charge in [0.25, 0.3) is 0 Å². The second kappa shape index (κ2) is 3.75. The Morgan fingerprint density at radius 2 is 2.12 bits per heavy atom. The summed E-state index contributed by atoms with van der Waals surface area (Å²) in [6.45, 7) is 0. The molecule has 0 aliphatic heterocycles. The maximum atomic E-state index is 9.37. The van der Waals surface area contributed by atoms with Crippen molar-refractivity contribution in [1.82, 2.24) is 15.0 Å². The van der Waals surface area contributed by atoms with Gasteiger partial charge in [-0.3, -0.25) is 4.98 Å². The van der Waals surface area contributed by atoms with Crippen LogP contribution in [0.15, 0.2) is 36.7 Å². The van der Waals surface area contributed by atoms with Crippen LogP contribution in [0.5, 0.6) is 5.75 Å². The Morgan fingerprint density at radius 3 is 2.88 bits per heavy atom. The van der Waals surface area contributed by atoms with Gasteiger partial charge in [-0.2, -0.15) is 0 Å². The number of pyridine rings is 1. The highest BCUT2D eigenvalue weighted by Crippen LogP contribution is 2.26. The number of imidazole rings is 1. The molecule has 3 aromatic rings. The quantitative estimate of drug-likeness (QED) is 0.693. The first-order valence-electron chi connectivity index (χ1n) is 5.02. The van der Waals surface area contributed by atoms with E-state index in [4.69, 9.17) is 11.6 Å². The van der Waals surface area contributed by atoms with Crippen molar-refractivity contribution in [3.63, 3.8) is 0 Å². The van der Waals surface area contributed by atoms with Crippen LogP contribution in [0.2, 0.25) is 5.02 Å². The molecule has 5 heteroatoms. The average Bonchev–Trinajstić information content (AvgIpc) is 2.74. The molecule has 0 aliphatic carbocycles. The first-order chi connectivity index (χ1) is 8.24. The molecule has 0 radical (unpaired) electrons. The molecule has 0 atom stereocenters. The molecule has 0 aliphatic rings. The summed E-state index contributed by atoms with van der Waals surface area (Å²) in [5.41, 5.74) is 2.29. The number of hydrogen-bond donors (Lipinski definition) is 2. The number of hydrogen-bond acceptors (Lipinski definition) is 3. The summed E-state index contributed by atoms with van der Waals surface area (Å²) in [7, 11) is 0. The van der Waals surface area contributed by atoms with Crippen molar-refractivity contribution in [2.75, 3.05) is 0 Å². The largest absolute Gasteiger partial charge is 0.506 e. The van der Waals surface area contributed by atoms with Crippen molar-refractivity contribution in [3.05, 3.63) is 41.7 Å². The van der Waals surface area contributed by atoms with E-state index in [0.29, 0.717) is 16.4 Å². The van der Waals surface area contributed by atoms with Crippen molar-refractivity contribution in [2.45, 2.75) is 0 Å². The molecule has 1 aromatic carbocycles. The number of benzene rings is 1. The third kappa shape index (κ3) is 1.72. The molecule has 0 saturated carbocycles. The molecule has 2 heterocycles. The number of nitrogens with one attached hydrogen (secondary N) is 1. The molecule has 0 spiro atoms. The van der Waals surface area contributed by atoms with Gasteiger partial charge in [-0.1, -0.05) is 17.7 Å². The maximum Gasteiger partial charge on any atom is 0.140 e. The number of halogens is 1. The smallest absolute Gasteiger partial charge is 0.140 e. The van der Waals surface area contributed by atoms with E-state index in [1.54, 1.807) is 18.3 Å². The first-order valence-corrected chi connectivity index (χ1v) is 5.40. The number of fused-ring (bicyclic) bond motifs is 1. The topological polar surface area (TPSA) is 61.8 Å². The van der Waals surface area contributed by atoms with Crippen LogP contribution >= 0.6 is 11.6 Å². The van der Waals surface area contributed by atoms with E-state index in [1.165, 1.54) is 6.20 Å². The number of aromatic hydroxyl groups is 1. The highest BCUT2D eigenvalue weighted by atomic mass is 35.5. The Hall–Kier alpha value is -2.07. The molecular weight excluding hydrogens is 238 g/mol. The van der Waals surface area contributed by atoms with Gasteiger partial charge in [-0.05, 0) is 18.2 Å². The number of aromatic amines is 1. The Morgan fingerprint density at radius 1 is 1.24 bits per heavy atom. The van der Waals surface area contributed by atoms with Gasteiger partial charge in [0.1, 0.15) is 17.1 Å². The van der Waals surface area contributed by atoms with Crippen molar-refractivity contribution in [2.24, 2.45) is 0 Å². The van der Waals surface area contributed by atoms with Crippen LogP contribution in [-0.2, 0) is 0 Å². The summed E-state index contributed by atoms with van der Waals surface area (Å²) in [6.07, 6.45) is 3.00. The molecule has 0 saturated heterocycles. The third-order valence-corrected chi connectivity index (χ3v) is 2.77. The summed E-state index contributed by atoms with van der Waals surface area (Å²) in [5, 5.41) is 9.97. The van der Waals surface area contributed by atoms with Gasteiger partial charge in [-0.15, -0.1) is 0 Å². The zero-order chi connectivity index (χ0) is 11.8. The lowest BCUT2D eigenvalue weighted by atomic mass is 10.2. The van der Waals surface area contributed by atoms with E-state index in [1.807, 2.05) is 12.1 Å². The standard InChI is InChI=1S/C12H8ClN3O/c13-9-2-1-3-10-11(9)16-12(15-10)7-4-8(17)6-14-5-7/h1-6,17H,(H,15,16). The van der Waals surface area contributed by atoms with Crippen LogP contribution in [0.4, 0.5) is 0 Å². The van der Waals surface area contributed by atoms with Gasteiger partial charge in [-0.25, -0.2) is 4.98 Å². The van der Waals surface area contributed by atoms with Crippen LogP contribution in [0.25, 0.3) is 22.4 Å². The second-order valence-corrected chi connectivity index (χ2v) is 4.06. The fourth-order valence-electron chi connectivity index (χ4n) is 1.69. The third-order valence-electron chi connectivity index (χ3n) is 2.46. The Labute approximate surface area is 102 Å². The minimum atomic E-state index is 0.106. The fourth-order valence-corrected chi connectivity index (χ4v) is 1.91. The second-order valence-electron chi connectivity index (χ2n) is 3.65. The van der Waals surface area contributed by atoms with E-state index in [0.717, 1.165) is 11.1 Å². The van der Waals surface area contributed by atoms with Gasteiger partial charge in [0.15, 0.2) is 0 Å². The molecule has 0 fully saturated rings. The normalized spacial score (nSPS) is 10.9. The molecule has 4 nitrogen and oxygen atoms in total. The van der Waals surface area contributed by atoms with Crippen molar-refractivity contribution >= 4 is 22.6 Å². The predicted octanol–water partition coefficient (Wildman–Crippen LogP) is 2.98. The lowest BCUT2D eigenvalue weighted by Gasteiger charge is -1.95. The Bertz CT molecular complexity index is 693. The molecule has 2 N–H and O–H groups in total. The molecule has 0 bridgehead atoms. The van der Waals surface area contributed by atoms with Gasteiger partial charge in [0.05, 0.1) is 16.7 Å². The summed E-state index contributed by atoms with van der Waals surface area (Å²) >= 11 is 6.04. The Kier molecular flexibility index (Phi) is 2.23. The number of rotatable bonds is 1. The van der Waals surface area contributed by atoms with Gasteiger partial charge in [0, 0.05) is 11.8 Å². The summed E-state index contributed by atoms with van der Waals surface area (Å²) in [4.78, 5) is 11.4. The zero-order valence-electron chi connectivity index (χ0n) is 8.68. The van der Waals surface area contributed by atoms with E-state index in [9.17, 15) is 5.11 Å². The maximum absolute atomic E-state index is 9.37. The highest BCUT2D eigenvalue weighted by molar-refractivity contribution is 6.34. The number of para-hydroxylation sites is 1. The molecular formula is C12H8ClN3O. The van der Waals surface area contributed by atoms with Crippen LogP contribution < -0.4 is 0 Å². The minimum Gasteiger partial charge on any atom is -0.506 e. The van der Waals surface area contributed by atoms with E-state index >= 15 is 0 Å². The van der Waals surface area contributed by atoms with Gasteiger partial charge >= 0.3 is 0 Å². The molecule has 3 rings (SSSR count). The number of aromatic nitrogens is 3. The van der Waals surface area contributed by atoms with E-state index in [-0.39, 0.29) is 5.75 Å². The van der Waals surface area contributed by atoms with Crippen LogP contribution in [0, 0.1) is 0 Å². The molecule has 0 amide bonds. The lowest BCUT2D eigenvalue weighted by Crippen LogP contribution is -1.81. The first kappa shape index (κ1) is 10.1. The average molecular weight is 246 g/mol. The number of H-pyrrole nitrogens is 1. The van der Waals surface area contributed by atoms with Crippen molar-refractivity contribution < 1.29 is 5.11 Å². The molecule has 84 valence electrons. The SMILES string of the molecule is Oc1cncc(-c2nc3c(Cl)cccc3[nH]2)c1. The zero-order valence-corrected chi connectivity index (χ0v) is 9.44. The summed E-state index contributed by atoms with van der Waals surface area (Å²) < 4.78 is 0. The highest BCUT2D eigenvalue weighted by Gasteiger charge is 2.08. The molecule has 17 heavy (non-hydrogen) atoms. The fraction of sp³-hybridized carbons (Fsp3) is 0. The predicted molar refractivity (Wildman–Crippen MR) is 66.0 cm³/mol. The lowest BCUT2D eigenvalue weighted by molar-refractivity contribution is 0.473. The van der Waals surface area contributed by atoms with Gasteiger partial charge in [0.2, 0.25) is 0 Å². The van der Waals surface area contributed by atoms with Crippen LogP contribution in [-0.4, -0.2) is 20.1 Å².